The summed E-state index contributed by atoms with van der Waals surface area (Å²) in [5.74, 6) is -0.804. The van der Waals surface area contributed by atoms with Gasteiger partial charge in [0.05, 0.1) is 5.69 Å². The molecule has 0 aliphatic carbocycles. The lowest BCUT2D eigenvalue weighted by Gasteiger charge is -2.02. The fourth-order valence-corrected chi connectivity index (χ4v) is 1.47. The maximum absolute atomic E-state index is 10.8. The number of nitrogens with zero attached hydrogens (tertiary/aromatic N) is 2. The molecule has 0 aliphatic rings. The Morgan fingerprint density at radius 3 is 2.46 bits per heavy atom. The number of carbonyl (C=O) groups is 1. The van der Waals surface area contributed by atoms with E-state index >= 15 is 0 Å². The largest absolute Gasteiger partial charge is 0.475 e. The zero-order valence-electron chi connectivity index (χ0n) is 8.16. The number of carboxylic acid groups (broad SMARTS) is 1. The molecule has 0 amide bonds. The summed E-state index contributed by atoms with van der Waals surface area (Å²) in [4.78, 5) is 14.8. The van der Waals surface area contributed by atoms with Gasteiger partial charge in [0.25, 0.3) is 0 Å². The van der Waals surface area contributed by atoms with Crippen LogP contribution in [0.3, 0.4) is 0 Å². The van der Waals surface area contributed by atoms with Crippen LogP contribution in [0.5, 0.6) is 0 Å². The van der Waals surface area contributed by atoms with Gasteiger partial charge in [-0.05, 0) is 20.3 Å². The second-order valence-electron chi connectivity index (χ2n) is 2.87. The summed E-state index contributed by atoms with van der Waals surface area (Å²) in [5.41, 5.74) is 1.83. The van der Waals surface area contributed by atoms with Crippen LogP contribution < -0.4 is 0 Å². The van der Waals surface area contributed by atoms with Crippen molar-refractivity contribution in [2.75, 3.05) is 0 Å². The molecule has 72 valence electrons. The van der Waals surface area contributed by atoms with Crippen molar-refractivity contribution in [3.63, 3.8) is 0 Å². The zero-order valence-corrected chi connectivity index (χ0v) is 8.16. The molecule has 0 saturated carbocycles. The highest BCUT2D eigenvalue weighted by molar-refractivity contribution is 5.83. The van der Waals surface area contributed by atoms with Gasteiger partial charge in [0.15, 0.2) is 0 Å². The first-order valence-corrected chi connectivity index (χ1v) is 4.41. The maximum atomic E-state index is 10.8. The van der Waals surface area contributed by atoms with Gasteiger partial charge in [-0.2, -0.15) is 0 Å². The molecule has 4 heteroatoms. The first kappa shape index (κ1) is 9.77. The summed E-state index contributed by atoms with van der Waals surface area (Å²) in [5, 5.41) is 8.85. The van der Waals surface area contributed by atoms with Gasteiger partial charge in [-0.25, -0.2) is 9.78 Å². The lowest BCUT2D eigenvalue weighted by Crippen LogP contribution is -2.09. The standard InChI is InChI=1S/C9H14N2O2/c1-4-7-6(3)11(5-2)8(10-7)9(12)13/h4-5H2,1-3H3,(H,12,13). The fraction of sp³-hybridized carbons (Fsp3) is 0.556. The second-order valence-corrected chi connectivity index (χ2v) is 2.87. The lowest BCUT2D eigenvalue weighted by molar-refractivity contribution is 0.0678. The van der Waals surface area contributed by atoms with Crippen molar-refractivity contribution in [3.8, 4) is 0 Å². The Bertz CT molecular complexity index is 329. The molecule has 4 nitrogen and oxygen atoms in total. The van der Waals surface area contributed by atoms with E-state index in [1.807, 2.05) is 20.8 Å². The van der Waals surface area contributed by atoms with E-state index in [0.717, 1.165) is 17.8 Å². The smallest absolute Gasteiger partial charge is 0.372 e. The Labute approximate surface area is 77.2 Å². The van der Waals surface area contributed by atoms with Gasteiger partial charge in [-0.15, -0.1) is 0 Å². The van der Waals surface area contributed by atoms with Gasteiger partial charge in [-0.1, -0.05) is 6.92 Å². The molecular weight excluding hydrogens is 168 g/mol. The molecule has 1 rings (SSSR count). The van der Waals surface area contributed by atoms with Crippen LogP contribution in [0.15, 0.2) is 0 Å². The minimum atomic E-state index is -0.954. The van der Waals surface area contributed by atoms with E-state index in [9.17, 15) is 4.79 Å². The fourth-order valence-electron chi connectivity index (χ4n) is 1.47. The van der Waals surface area contributed by atoms with Crippen LogP contribution in [0.1, 0.15) is 35.9 Å². The van der Waals surface area contributed by atoms with Gasteiger partial charge in [0.2, 0.25) is 5.82 Å². The van der Waals surface area contributed by atoms with E-state index in [1.54, 1.807) is 4.57 Å². The number of aromatic nitrogens is 2. The molecule has 0 unspecified atom stereocenters. The van der Waals surface area contributed by atoms with Crippen LogP contribution in [-0.2, 0) is 13.0 Å². The van der Waals surface area contributed by atoms with Crippen molar-refractivity contribution in [1.29, 1.82) is 0 Å². The molecule has 1 aromatic heterocycles. The van der Waals surface area contributed by atoms with Crippen molar-refractivity contribution in [3.05, 3.63) is 17.2 Å². The van der Waals surface area contributed by atoms with Crippen molar-refractivity contribution in [2.24, 2.45) is 0 Å². The quantitative estimate of drug-likeness (QED) is 0.770. The molecule has 1 N–H and O–H groups in total. The molecule has 0 spiro atoms. The first-order valence-electron chi connectivity index (χ1n) is 4.41. The molecule has 0 aliphatic heterocycles. The molecule has 0 aromatic carbocycles. The maximum Gasteiger partial charge on any atom is 0.372 e. The number of hydrogen-bond donors (Lipinski definition) is 1. The number of carboxylic acids is 1. The van der Waals surface area contributed by atoms with Crippen LogP contribution in [0, 0.1) is 6.92 Å². The summed E-state index contributed by atoms with van der Waals surface area (Å²) in [6.45, 7) is 6.45. The molecule has 1 aromatic rings. The SMILES string of the molecule is CCc1nc(C(=O)O)n(CC)c1C. The average Bonchev–Trinajstić information content (AvgIpc) is 2.42. The van der Waals surface area contributed by atoms with Crippen molar-refractivity contribution in [2.45, 2.75) is 33.7 Å². The number of hydrogen-bond acceptors (Lipinski definition) is 2. The predicted molar refractivity (Wildman–Crippen MR) is 49.0 cm³/mol. The third kappa shape index (κ3) is 1.56. The minimum Gasteiger partial charge on any atom is -0.475 e. The minimum absolute atomic E-state index is 0.150. The Kier molecular flexibility index (Phi) is 2.70. The first-order chi connectivity index (χ1) is 6.11. The second kappa shape index (κ2) is 3.60. The topological polar surface area (TPSA) is 55.1 Å². The number of imidazole rings is 1. The molecule has 0 fully saturated rings. The van der Waals surface area contributed by atoms with Crippen LogP contribution in [0.2, 0.25) is 0 Å². The van der Waals surface area contributed by atoms with Crippen LogP contribution >= 0.6 is 0 Å². The highest BCUT2D eigenvalue weighted by atomic mass is 16.4. The van der Waals surface area contributed by atoms with E-state index in [4.69, 9.17) is 5.11 Å². The third-order valence-corrected chi connectivity index (χ3v) is 2.16. The van der Waals surface area contributed by atoms with Gasteiger partial charge in [0.1, 0.15) is 0 Å². The van der Waals surface area contributed by atoms with Gasteiger partial charge < -0.3 is 9.67 Å². The Morgan fingerprint density at radius 1 is 1.54 bits per heavy atom. The molecular formula is C9H14N2O2. The van der Waals surface area contributed by atoms with Crippen LogP contribution in [0.4, 0.5) is 0 Å². The monoisotopic (exact) mass is 182 g/mol. The van der Waals surface area contributed by atoms with E-state index < -0.39 is 5.97 Å². The molecule has 13 heavy (non-hydrogen) atoms. The highest BCUT2D eigenvalue weighted by Crippen LogP contribution is 2.11. The van der Waals surface area contributed by atoms with Gasteiger partial charge in [-0.3, -0.25) is 0 Å². The average molecular weight is 182 g/mol. The molecule has 0 bridgehead atoms. The summed E-state index contributed by atoms with van der Waals surface area (Å²) in [7, 11) is 0. The van der Waals surface area contributed by atoms with Crippen molar-refractivity contribution < 1.29 is 9.90 Å². The normalized spacial score (nSPS) is 10.4. The van der Waals surface area contributed by atoms with Crippen molar-refractivity contribution in [1.82, 2.24) is 9.55 Å². The molecule has 1 heterocycles. The van der Waals surface area contributed by atoms with Gasteiger partial charge >= 0.3 is 5.97 Å². The van der Waals surface area contributed by atoms with Crippen LogP contribution in [0.25, 0.3) is 0 Å². The summed E-state index contributed by atoms with van der Waals surface area (Å²) in [6, 6.07) is 0. The Morgan fingerprint density at radius 2 is 2.15 bits per heavy atom. The lowest BCUT2D eigenvalue weighted by atomic mass is 10.3. The van der Waals surface area contributed by atoms with E-state index in [0.29, 0.717) is 6.54 Å². The number of rotatable bonds is 3. The molecule has 0 atom stereocenters. The summed E-state index contributed by atoms with van der Waals surface area (Å²) in [6.07, 6.45) is 0.777. The van der Waals surface area contributed by atoms with Crippen LogP contribution in [-0.4, -0.2) is 20.6 Å². The Hall–Kier alpha value is -1.32. The van der Waals surface area contributed by atoms with E-state index in [-0.39, 0.29) is 5.82 Å². The van der Waals surface area contributed by atoms with E-state index in [1.165, 1.54) is 0 Å². The van der Waals surface area contributed by atoms with Gasteiger partial charge in [0, 0.05) is 12.2 Å². The summed E-state index contributed by atoms with van der Waals surface area (Å²) >= 11 is 0. The van der Waals surface area contributed by atoms with Crippen molar-refractivity contribution >= 4 is 5.97 Å². The van der Waals surface area contributed by atoms with E-state index in [2.05, 4.69) is 4.98 Å². The Balaban J connectivity index is 3.27. The summed E-state index contributed by atoms with van der Waals surface area (Å²) < 4.78 is 1.72. The number of aromatic carboxylic acids is 1. The zero-order chi connectivity index (χ0) is 10.0. The number of aryl methyl sites for hydroxylation is 1. The highest BCUT2D eigenvalue weighted by Gasteiger charge is 2.16. The third-order valence-electron chi connectivity index (χ3n) is 2.16. The predicted octanol–water partition coefficient (Wildman–Crippen LogP) is 1.47. The molecule has 0 saturated heterocycles. The molecule has 0 radical (unpaired) electrons.